The van der Waals surface area contributed by atoms with Crippen LogP contribution in [-0.2, 0) is 0 Å². The van der Waals surface area contributed by atoms with E-state index in [9.17, 15) is 4.79 Å². The normalized spacial score (nSPS) is 18.6. The SMILES string of the molecule is CCOc1cccc(C(=O)N2CCC(CNC)C2)c1. The number of rotatable bonds is 5. The lowest BCUT2D eigenvalue weighted by Gasteiger charge is -2.17. The first kappa shape index (κ1) is 13.9. The standard InChI is InChI=1S/C15H22N2O2/c1-3-19-14-6-4-5-13(9-14)15(18)17-8-7-12(11-17)10-16-2/h4-6,9,12,16H,3,7-8,10-11H2,1-2H3. The molecule has 0 radical (unpaired) electrons. The van der Waals surface area contributed by atoms with Gasteiger partial charge in [-0.05, 0) is 51.1 Å². The Hall–Kier alpha value is -1.55. The molecule has 4 heteroatoms. The minimum atomic E-state index is 0.111. The van der Waals surface area contributed by atoms with Crippen LogP contribution in [0.1, 0.15) is 23.7 Å². The lowest BCUT2D eigenvalue weighted by atomic mass is 10.1. The predicted molar refractivity (Wildman–Crippen MR) is 75.5 cm³/mol. The van der Waals surface area contributed by atoms with Crippen molar-refractivity contribution in [3.8, 4) is 5.75 Å². The Labute approximate surface area is 114 Å². The van der Waals surface area contributed by atoms with E-state index >= 15 is 0 Å². The molecule has 1 aliphatic heterocycles. The third kappa shape index (κ3) is 3.47. The second-order valence-corrected chi connectivity index (χ2v) is 4.92. The minimum absolute atomic E-state index is 0.111. The van der Waals surface area contributed by atoms with Crippen LogP contribution in [-0.4, -0.2) is 44.1 Å². The fraction of sp³-hybridized carbons (Fsp3) is 0.533. The maximum atomic E-state index is 12.4. The van der Waals surface area contributed by atoms with E-state index in [1.807, 2.05) is 43.1 Å². The first-order valence-corrected chi connectivity index (χ1v) is 6.91. The van der Waals surface area contributed by atoms with Gasteiger partial charge >= 0.3 is 0 Å². The largest absolute Gasteiger partial charge is 0.494 e. The lowest BCUT2D eigenvalue weighted by molar-refractivity contribution is 0.0786. The zero-order chi connectivity index (χ0) is 13.7. The number of likely N-dealkylation sites (tertiary alicyclic amines) is 1. The van der Waals surface area contributed by atoms with Crippen LogP contribution in [0.5, 0.6) is 5.75 Å². The van der Waals surface area contributed by atoms with Gasteiger partial charge in [0.2, 0.25) is 0 Å². The Morgan fingerprint density at radius 3 is 3.11 bits per heavy atom. The van der Waals surface area contributed by atoms with E-state index < -0.39 is 0 Å². The van der Waals surface area contributed by atoms with Gasteiger partial charge in [0, 0.05) is 18.7 Å². The molecule has 1 aromatic carbocycles. The first-order chi connectivity index (χ1) is 9.24. The summed E-state index contributed by atoms with van der Waals surface area (Å²) in [7, 11) is 1.95. The molecular weight excluding hydrogens is 240 g/mol. The molecule has 1 aliphatic rings. The number of amides is 1. The zero-order valence-corrected chi connectivity index (χ0v) is 11.7. The summed E-state index contributed by atoms with van der Waals surface area (Å²) < 4.78 is 5.44. The highest BCUT2D eigenvalue weighted by Gasteiger charge is 2.26. The van der Waals surface area contributed by atoms with Crippen molar-refractivity contribution in [2.75, 3.05) is 33.3 Å². The van der Waals surface area contributed by atoms with Gasteiger partial charge in [-0.3, -0.25) is 4.79 Å². The quantitative estimate of drug-likeness (QED) is 0.879. The number of ether oxygens (including phenoxy) is 1. The van der Waals surface area contributed by atoms with Gasteiger partial charge in [-0.25, -0.2) is 0 Å². The van der Waals surface area contributed by atoms with Crippen LogP contribution in [0.25, 0.3) is 0 Å². The van der Waals surface area contributed by atoms with Crippen LogP contribution < -0.4 is 10.1 Å². The van der Waals surface area contributed by atoms with Crippen molar-refractivity contribution in [1.29, 1.82) is 0 Å². The van der Waals surface area contributed by atoms with Gasteiger partial charge in [0.25, 0.3) is 5.91 Å². The van der Waals surface area contributed by atoms with Crippen LogP contribution in [0.15, 0.2) is 24.3 Å². The smallest absolute Gasteiger partial charge is 0.253 e. The minimum Gasteiger partial charge on any atom is -0.494 e. The van der Waals surface area contributed by atoms with Gasteiger partial charge in [0.1, 0.15) is 5.75 Å². The Bertz CT molecular complexity index is 434. The molecule has 1 N–H and O–H groups in total. The number of hydrogen-bond donors (Lipinski definition) is 1. The van der Waals surface area contributed by atoms with Crippen LogP contribution >= 0.6 is 0 Å². The summed E-state index contributed by atoms with van der Waals surface area (Å²) >= 11 is 0. The van der Waals surface area contributed by atoms with Crippen molar-refractivity contribution < 1.29 is 9.53 Å². The molecule has 2 rings (SSSR count). The molecule has 1 amide bonds. The Kier molecular flexibility index (Phi) is 4.80. The van der Waals surface area contributed by atoms with Crippen LogP contribution in [0.2, 0.25) is 0 Å². The molecule has 19 heavy (non-hydrogen) atoms. The van der Waals surface area contributed by atoms with Crippen molar-refractivity contribution in [1.82, 2.24) is 10.2 Å². The molecule has 1 saturated heterocycles. The number of nitrogens with one attached hydrogen (secondary N) is 1. The van der Waals surface area contributed by atoms with E-state index in [-0.39, 0.29) is 5.91 Å². The number of nitrogens with zero attached hydrogens (tertiary/aromatic N) is 1. The fourth-order valence-corrected chi connectivity index (χ4v) is 2.54. The molecule has 1 aromatic rings. The number of hydrogen-bond acceptors (Lipinski definition) is 3. The van der Waals surface area contributed by atoms with E-state index in [4.69, 9.17) is 4.74 Å². The zero-order valence-electron chi connectivity index (χ0n) is 11.7. The summed E-state index contributed by atoms with van der Waals surface area (Å²) in [4.78, 5) is 14.3. The monoisotopic (exact) mass is 262 g/mol. The van der Waals surface area contributed by atoms with Crippen molar-refractivity contribution >= 4 is 5.91 Å². The summed E-state index contributed by atoms with van der Waals surface area (Å²) in [6, 6.07) is 7.45. The molecule has 0 aliphatic carbocycles. The number of carbonyl (C=O) groups is 1. The van der Waals surface area contributed by atoms with Crippen molar-refractivity contribution in [3.05, 3.63) is 29.8 Å². The van der Waals surface area contributed by atoms with Crippen molar-refractivity contribution in [2.24, 2.45) is 5.92 Å². The van der Waals surface area contributed by atoms with E-state index in [1.165, 1.54) is 0 Å². The summed E-state index contributed by atoms with van der Waals surface area (Å²) in [5.41, 5.74) is 0.719. The highest BCUT2D eigenvalue weighted by molar-refractivity contribution is 5.94. The highest BCUT2D eigenvalue weighted by Crippen LogP contribution is 2.20. The van der Waals surface area contributed by atoms with Crippen LogP contribution in [0.4, 0.5) is 0 Å². The summed E-state index contributed by atoms with van der Waals surface area (Å²) in [5.74, 6) is 1.45. The molecule has 1 unspecified atom stereocenters. The van der Waals surface area contributed by atoms with Crippen molar-refractivity contribution in [3.63, 3.8) is 0 Å². The van der Waals surface area contributed by atoms with Gasteiger partial charge in [-0.2, -0.15) is 0 Å². The molecule has 4 nitrogen and oxygen atoms in total. The summed E-state index contributed by atoms with van der Waals surface area (Å²) in [6.45, 7) is 5.23. The molecule has 0 spiro atoms. The number of carbonyl (C=O) groups excluding carboxylic acids is 1. The Balaban J connectivity index is 2.01. The summed E-state index contributed by atoms with van der Waals surface area (Å²) in [6.07, 6.45) is 1.08. The van der Waals surface area contributed by atoms with E-state index in [0.29, 0.717) is 12.5 Å². The number of benzene rings is 1. The predicted octanol–water partition coefficient (Wildman–Crippen LogP) is 1.77. The molecular formula is C15H22N2O2. The highest BCUT2D eigenvalue weighted by atomic mass is 16.5. The Morgan fingerprint density at radius 2 is 2.37 bits per heavy atom. The molecule has 1 heterocycles. The molecule has 104 valence electrons. The average molecular weight is 262 g/mol. The van der Waals surface area contributed by atoms with Crippen LogP contribution in [0, 0.1) is 5.92 Å². The first-order valence-electron chi connectivity index (χ1n) is 6.91. The van der Waals surface area contributed by atoms with Gasteiger partial charge in [-0.1, -0.05) is 6.07 Å². The summed E-state index contributed by atoms with van der Waals surface area (Å²) in [5, 5.41) is 3.18. The van der Waals surface area contributed by atoms with E-state index in [2.05, 4.69) is 5.32 Å². The van der Waals surface area contributed by atoms with Gasteiger partial charge in [0.05, 0.1) is 6.61 Å². The molecule has 0 aromatic heterocycles. The maximum absolute atomic E-state index is 12.4. The molecule has 0 bridgehead atoms. The molecule has 0 saturated carbocycles. The topological polar surface area (TPSA) is 41.6 Å². The second-order valence-electron chi connectivity index (χ2n) is 4.92. The van der Waals surface area contributed by atoms with Crippen molar-refractivity contribution in [2.45, 2.75) is 13.3 Å². The maximum Gasteiger partial charge on any atom is 0.253 e. The Morgan fingerprint density at radius 1 is 1.53 bits per heavy atom. The second kappa shape index (κ2) is 6.57. The van der Waals surface area contributed by atoms with Gasteiger partial charge in [-0.15, -0.1) is 0 Å². The lowest BCUT2D eigenvalue weighted by Crippen LogP contribution is -2.30. The van der Waals surface area contributed by atoms with E-state index in [0.717, 1.165) is 37.4 Å². The van der Waals surface area contributed by atoms with E-state index in [1.54, 1.807) is 0 Å². The fourth-order valence-electron chi connectivity index (χ4n) is 2.54. The molecule has 1 fully saturated rings. The third-order valence-corrected chi connectivity index (χ3v) is 3.46. The van der Waals surface area contributed by atoms with Gasteiger partial charge < -0.3 is 15.0 Å². The van der Waals surface area contributed by atoms with Crippen LogP contribution in [0.3, 0.4) is 0 Å². The average Bonchev–Trinajstić information content (AvgIpc) is 2.88. The molecule has 1 atom stereocenters. The third-order valence-electron chi connectivity index (χ3n) is 3.46. The van der Waals surface area contributed by atoms with Gasteiger partial charge in [0.15, 0.2) is 0 Å².